The Labute approximate surface area is 92.5 Å². The highest BCUT2D eigenvalue weighted by Gasteiger charge is 2.18. The van der Waals surface area contributed by atoms with Crippen LogP contribution in [0.4, 0.5) is 0 Å². The number of hydrogen-bond donors (Lipinski definition) is 1. The molecule has 0 aliphatic carbocycles. The number of halogens is 1. The molecular formula is C9H13ClN2OS. The first-order valence-electron chi connectivity index (χ1n) is 4.27. The van der Waals surface area contributed by atoms with Gasteiger partial charge < -0.3 is 5.32 Å². The molecule has 0 bridgehead atoms. The summed E-state index contributed by atoms with van der Waals surface area (Å²) in [5.74, 6) is 0.383. The summed E-state index contributed by atoms with van der Waals surface area (Å²) >= 11 is 7.15. The maximum absolute atomic E-state index is 11.5. The third kappa shape index (κ3) is 3.27. The number of aromatic nitrogens is 1. The molecule has 0 aliphatic rings. The number of carbonyl (C=O) groups excluding carboxylic acids is 1. The summed E-state index contributed by atoms with van der Waals surface area (Å²) in [5.41, 5.74) is 2.04. The first-order valence-corrected chi connectivity index (χ1v) is 5.75. The van der Waals surface area contributed by atoms with Gasteiger partial charge in [-0.15, -0.1) is 22.9 Å². The second-order valence-corrected chi connectivity index (χ2v) is 4.84. The van der Waals surface area contributed by atoms with Crippen molar-refractivity contribution in [3.05, 3.63) is 16.6 Å². The predicted octanol–water partition coefficient (Wildman–Crippen LogP) is 2.14. The Morgan fingerprint density at radius 2 is 2.43 bits per heavy atom. The van der Waals surface area contributed by atoms with E-state index in [4.69, 9.17) is 11.6 Å². The van der Waals surface area contributed by atoms with Crippen molar-refractivity contribution in [2.45, 2.75) is 13.8 Å². The fourth-order valence-corrected chi connectivity index (χ4v) is 1.41. The summed E-state index contributed by atoms with van der Waals surface area (Å²) in [6.45, 7) is 4.56. The molecule has 78 valence electrons. The van der Waals surface area contributed by atoms with Gasteiger partial charge in [0.25, 0.3) is 5.91 Å². The fraction of sp³-hybridized carbons (Fsp3) is 0.556. The molecule has 1 aromatic rings. The number of alkyl halides is 1. The molecule has 0 saturated heterocycles. The van der Waals surface area contributed by atoms with E-state index in [9.17, 15) is 4.79 Å². The minimum absolute atomic E-state index is 0.0762. The Morgan fingerprint density at radius 1 is 1.71 bits per heavy atom. The van der Waals surface area contributed by atoms with E-state index in [0.717, 1.165) is 0 Å². The van der Waals surface area contributed by atoms with E-state index in [1.807, 2.05) is 13.8 Å². The molecule has 1 heterocycles. The van der Waals surface area contributed by atoms with Crippen molar-refractivity contribution in [1.29, 1.82) is 0 Å². The first kappa shape index (κ1) is 11.5. The number of thiazole rings is 1. The van der Waals surface area contributed by atoms with Gasteiger partial charge in [-0.05, 0) is 5.41 Å². The Hall–Kier alpha value is -0.610. The molecular weight excluding hydrogens is 220 g/mol. The molecule has 0 spiro atoms. The standard InChI is InChI=1S/C9H13ClN2OS/c1-9(2,4-10)5-11-8(13)7-3-14-6-12-7/h3,6H,4-5H2,1-2H3,(H,11,13). The van der Waals surface area contributed by atoms with E-state index < -0.39 is 0 Å². The number of carbonyl (C=O) groups is 1. The molecule has 1 amide bonds. The summed E-state index contributed by atoms with van der Waals surface area (Å²) in [4.78, 5) is 15.4. The number of rotatable bonds is 4. The molecule has 0 aliphatic heterocycles. The molecule has 14 heavy (non-hydrogen) atoms. The van der Waals surface area contributed by atoms with Crippen molar-refractivity contribution in [3.63, 3.8) is 0 Å². The van der Waals surface area contributed by atoms with Gasteiger partial charge in [0.05, 0.1) is 5.51 Å². The lowest BCUT2D eigenvalue weighted by Gasteiger charge is -2.21. The van der Waals surface area contributed by atoms with Crippen LogP contribution in [0.25, 0.3) is 0 Å². The van der Waals surface area contributed by atoms with Crippen molar-refractivity contribution in [1.82, 2.24) is 10.3 Å². The SMILES string of the molecule is CC(C)(CCl)CNC(=O)c1cscn1. The average molecular weight is 233 g/mol. The van der Waals surface area contributed by atoms with Gasteiger partial charge in [0.1, 0.15) is 5.69 Å². The smallest absolute Gasteiger partial charge is 0.270 e. The lowest BCUT2D eigenvalue weighted by atomic mass is 9.96. The van der Waals surface area contributed by atoms with Gasteiger partial charge in [0.2, 0.25) is 0 Å². The van der Waals surface area contributed by atoms with Crippen LogP contribution in [-0.2, 0) is 0 Å². The molecule has 3 nitrogen and oxygen atoms in total. The third-order valence-electron chi connectivity index (χ3n) is 1.75. The Balaban J connectivity index is 2.43. The van der Waals surface area contributed by atoms with Crippen molar-refractivity contribution in [2.24, 2.45) is 5.41 Å². The van der Waals surface area contributed by atoms with E-state index in [0.29, 0.717) is 18.1 Å². The molecule has 0 aromatic carbocycles. The highest BCUT2D eigenvalue weighted by atomic mass is 35.5. The van der Waals surface area contributed by atoms with Crippen molar-refractivity contribution in [3.8, 4) is 0 Å². The summed E-state index contributed by atoms with van der Waals surface area (Å²) in [6.07, 6.45) is 0. The van der Waals surface area contributed by atoms with E-state index in [2.05, 4.69) is 10.3 Å². The Kier molecular flexibility index (Phi) is 3.89. The van der Waals surface area contributed by atoms with Gasteiger partial charge >= 0.3 is 0 Å². The molecule has 0 radical (unpaired) electrons. The number of nitrogens with one attached hydrogen (secondary N) is 1. The van der Waals surface area contributed by atoms with Gasteiger partial charge in [-0.2, -0.15) is 0 Å². The first-order chi connectivity index (χ1) is 6.55. The van der Waals surface area contributed by atoms with Crippen LogP contribution in [0, 0.1) is 5.41 Å². The topological polar surface area (TPSA) is 42.0 Å². The van der Waals surface area contributed by atoms with Crippen LogP contribution in [0.15, 0.2) is 10.9 Å². The van der Waals surface area contributed by atoms with Crippen LogP contribution < -0.4 is 5.32 Å². The van der Waals surface area contributed by atoms with Crippen molar-refractivity contribution < 1.29 is 4.79 Å². The van der Waals surface area contributed by atoms with Crippen LogP contribution in [0.5, 0.6) is 0 Å². The normalized spacial score (nSPS) is 11.4. The van der Waals surface area contributed by atoms with Crippen LogP contribution in [0.2, 0.25) is 0 Å². The second kappa shape index (κ2) is 4.75. The number of hydrogen-bond acceptors (Lipinski definition) is 3. The van der Waals surface area contributed by atoms with Gasteiger partial charge in [-0.1, -0.05) is 13.8 Å². The van der Waals surface area contributed by atoms with E-state index in [1.54, 1.807) is 10.9 Å². The zero-order valence-corrected chi connectivity index (χ0v) is 9.78. The van der Waals surface area contributed by atoms with Gasteiger partial charge in [-0.3, -0.25) is 4.79 Å². The minimum Gasteiger partial charge on any atom is -0.350 e. The zero-order chi connectivity index (χ0) is 10.6. The lowest BCUT2D eigenvalue weighted by molar-refractivity contribution is 0.0935. The van der Waals surface area contributed by atoms with Crippen molar-refractivity contribution >= 4 is 28.8 Å². The number of nitrogens with zero attached hydrogens (tertiary/aromatic N) is 1. The molecule has 0 atom stereocenters. The Morgan fingerprint density at radius 3 is 2.93 bits per heavy atom. The molecule has 5 heteroatoms. The predicted molar refractivity (Wildman–Crippen MR) is 58.9 cm³/mol. The molecule has 1 N–H and O–H groups in total. The van der Waals surface area contributed by atoms with Crippen LogP contribution in [0.3, 0.4) is 0 Å². The quantitative estimate of drug-likeness (QED) is 0.809. The van der Waals surface area contributed by atoms with E-state index >= 15 is 0 Å². The van der Waals surface area contributed by atoms with Gasteiger partial charge in [-0.25, -0.2) is 4.98 Å². The highest BCUT2D eigenvalue weighted by molar-refractivity contribution is 7.07. The summed E-state index contributed by atoms with van der Waals surface area (Å²) in [7, 11) is 0. The summed E-state index contributed by atoms with van der Waals surface area (Å²) in [6, 6.07) is 0. The molecule has 0 unspecified atom stereocenters. The van der Waals surface area contributed by atoms with E-state index in [1.165, 1.54) is 11.3 Å². The molecule has 0 saturated carbocycles. The zero-order valence-electron chi connectivity index (χ0n) is 8.21. The lowest BCUT2D eigenvalue weighted by Crippen LogP contribution is -2.35. The van der Waals surface area contributed by atoms with Gasteiger partial charge in [0.15, 0.2) is 0 Å². The van der Waals surface area contributed by atoms with E-state index in [-0.39, 0.29) is 11.3 Å². The largest absolute Gasteiger partial charge is 0.350 e. The maximum Gasteiger partial charge on any atom is 0.270 e. The van der Waals surface area contributed by atoms with Crippen LogP contribution >= 0.6 is 22.9 Å². The molecule has 0 fully saturated rings. The maximum atomic E-state index is 11.5. The van der Waals surface area contributed by atoms with Gasteiger partial charge in [0, 0.05) is 17.8 Å². The van der Waals surface area contributed by atoms with Crippen LogP contribution in [0.1, 0.15) is 24.3 Å². The Bertz CT molecular complexity index is 298. The fourth-order valence-electron chi connectivity index (χ4n) is 0.782. The third-order valence-corrected chi connectivity index (χ3v) is 3.06. The molecule has 1 aromatic heterocycles. The van der Waals surface area contributed by atoms with Crippen molar-refractivity contribution in [2.75, 3.05) is 12.4 Å². The molecule has 1 rings (SSSR count). The monoisotopic (exact) mass is 232 g/mol. The minimum atomic E-state index is -0.135. The van der Waals surface area contributed by atoms with Crippen LogP contribution in [-0.4, -0.2) is 23.3 Å². The summed E-state index contributed by atoms with van der Waals surface area (Å²) in [5, 5.41) is 4.52. The number of amides is 1. The summed E-state index contributed by atoms with van der Waals surface area (Å²) < 4.78 is 0. The second-order valence-electron chi connectivity index (χ2n) is 3.85. The highest BCUT2D eigenvalue weighted by Crippen LogP contribution is 2.15. The average Bonchev–Trinajstić information content (AvgIpc) is 2.67.